The van der Waals surface area contributed by atoms with Crippen LogP contribution in [0.1, 0.15) is 27.2 Å². The van der Waals surface area contributed by atoms with Gasteiger partial charge in [0.25, 0.3) is 0 Å². The molecule has 0 fully saturated rings. The summed E-state index contributed by atoms with van der Waals surface area (Å²) in [6, 6.07) is 7.98. The standard InChI is InChI=1S/C14H21BrN2O2/c1-14(2,3)19-13(18)17-9-5-8-16-12-7-4-6-11(15)10-12/h4,6-7,10,16H,5,8-9H2,1-3H3,(H,17,18). The highest BCUT2D eigenvalue weighted by atomic mass is 79.9. The van der Waals surface area contributed by atoms with Crippen LogP contribution >= 0.6 is 15.9 Å². The Bertz CT molecular complexity index is 416. The van der Waals surface area contributed by atoms with Crippen LogP contribution in [0, 0.1) is 0 Å². The maximum atomic E-state index is 11.4. The van der Waals surface area contributed by atoms with Gasteiger partial charge in [-0.2, -0.15) is 0 Å². The van der Waals surface area contributed by atoms with E-state index in [1.165, 1.54) is 0 Å². The summed E-state index contributed by atoms with van der Waals surface area (Å²) < 4.78 is 6.19. The van der Waals surface area contributed by atoms with Crippen LogP contribution in [0.15, 0.2) is 28.7 Å². The molecule has 0 atom stereocenters. The number of ether oxygens (including phenoxy) is 1. The van der Waals surface area contributed by atoms with Crippen LogP contribution in [-0.2, 0) is 4.74 Å². The smallest absolute Gasteiger partial charge is 0.407 e. The summed E-state index contributed by atoms with van der Waals surface area (Å²) in [6.45, 7) is 6.94. The number of carbonyl (C=O) groups excluding carboxylic acids is 1. The molecule has 19 heavy (non-hydrogen) atoms. The van der Waals surface area contributed by atoms with E-state index in [0.29, 0.717) is 6.54 Å². The SMILES string of the molecule is CC(C)(C)OC(=O)NCCCNc1cccc(Br)c1. The van der Waals surface area contributed by atoms with Crippen LogP contribution in [-0.4, -0.2) is 24.8 Å². The van der Waals surface area contributed by atoms with E-state index < -0.39 is 5.60 Å². The van der Waals surface area contributed by atoms with Gasteiger partial charge in [-0.3, -0.25) is 0 Å². The van der Waals surface area contributed by atoms with Crippen LogP contribution in [0.5, 0.6) is 0 Å². The van der Waals surface area contributed by atoms with Crippen molar-refractivity contribution in [3.63, 3.8) is 0 Å². The number of carbonyl (C=O) groups is 1. The number of rotatable bonds is 5. The van der Waals surface area contributed by atoms with Gasteiger partial charge in [0, 0.05) is 23.2 Å². The lowest BCUT2D eigenvalue weighted by Gasteiger charge is -2.19. The van der Waals surface area contributed by atoms with Gasteiger partial charge in [-0.15, -0.1) is 0 Å². The number of amides is 1. The number of nitrogens with one attached hydrogen (secondary N) is 2. The Morgan fingerprint density at radius 1 is 1.32 bits per heavy atom. The van der Waals surface area contributed by atoms with Crippen molar-refractivity contribution >= 4 is 27.7 Å². The first kappa shape index (κ1) is 15.8. The Morgan fingerprint density at radius 2 is 2.05 bits per heavy atom. The second-order valence-corrected chi connectivity index (χ2v) is 6.14. The van der Waals surface area contributed by atoms with E-state index in [-0.39, 0.29) is 6.09 Å². The van der Waals surface area contributed by atoms with Gasteiger partial charge in [0.05, 0.1) is 0 Å². The molecule has 1 aromatic rings. The van der Waals surface area contributed by atoms with Crippen molar-refractivity contribution in [1.82, 2.24) is 5.32 Å². The van der Waals surface area contributed by atoms with Crippen molar-refractivity contribution in [3.8, 4) is 0 Å². The van der Waals surface area contributed by atoms with Crippen molar-refractivity contribution in [3.05, 3.63) is 28.7 Å². The van der Waals surface area contributed by atoms with Crippen molar-refractivity contribution in [2.75, 3.05) is 18.4 Å². The topological polar surface area (TPSA) is 50.4 Å². The van der Waals surface area contributed by atoms with Crippen molar-refractivity contribution in [2.45, 2.75) is 32.8 Å². The third-order valence-corrected chi connectivity index (χ3v) is 2.67. The van der Waals surface area contributed by atoms with Crippen molar-refractivity contribution in [2.24, 2.45) is 0 Å². The Hall–Kier alpha value is -1.23. The average Bonchev–Trinajstić information content (AvgIpc) is 2.26. The molecule has 0 aliphatic heterocycles. The minimum Gasteiger partial charge on any atom is -0.444 e. The summed E-state index contributed by atoms with van der Waals surface area (Å²) in [6.07, 6.45) is 0.473. The zero-order valence-electron chi connectivity index (χ0n) is 11.6. The van der Waals surface area contributed by atoms with Gasteiger partial charge in [0.1, 0.15) is 5.60 Å². The van der Waals surface area contributed by atoms with E-state index in [0.717, 1.165) is 23.1 Å². The number of anilines is 1. The first-order chi connectivity index (χ1) is 8.87. The van der Waals surface area contributed by atoms with Gasteiger partial charge in [-0.05, 0) is 45.4 Å². The van der Waals surface area contributed by atoms with Crippen LogP contribution in [0.2, 0.25) is 0 Å². The van der Waals surface area contributed by atoms with E-state index in [1.807, 2.05) is 45.0 Å². The minimum atomic E-state index is -0.446. The summed E-state index contributed by atoms with van der Waals surface area (Å²) in [7, 11) is 0. The molecule has 2 N–H and O–H groups in total. The molecule has 0 saturated heterocycles. The fourth-order valence-corrected chi connectivity index (χ4v) is 1.82. The van der Waals surface area contributed by atoms with Gasteiger partial charge in [0.15, 0.2) is 0 Å². The molecule has 0 bridgehead atoms. The molecule has 0 aromatic heterocycles. The third-order valence-electron chi connectivity index (χ3n) is 2.18. The molecule has 0 aliphatic carbocycles. The van der Waals surface area contributed by atoms with E-state index >= 15 is 0 Å². The average molecular weight is 329 g/mol. The first-order valence-electron chi connectivity index (χ1n) is 6.33. The Kier molecular flexibility index (Phi) is 6.15. The number of benzene rings is 1. The molecule has 106 valence electrons. The third kappa shape index (κ3) is 7.72. The fourth-order valence-electron chi connectivity index (χ4n) is 1.42. The number of hydrogen-bond acceptors (Lipinski definition) is 3. The molecule has 4 nitrogen and oxygen atoms in total. The van der Waals surface area contributed by atoms with Gasteiger partial charge in [0.2, 0.25) is 0 Å². The van der Waals surface area contributed by atoms with Crippen molar-refractivity contribution in [1.29, 1.82) is 0 Å². The molecule has 1 aromatic carbocycles. The van der Waals surface area contributed by atoms with E-state index in [9.17, 15) is 4.79 Å². The van der Waals surface area contributed by atoms with E-state index in [4.69, 9.17) is 4.74 Å². The molecule has 5 heteroatoms. The van der Waals surface area contributed by atoms with Crippen molar-refractivity contribution < 1.29 is 9.53 Å². The van der Waals surface area contributed by atoms with Gasteiger partial charge in [-0.1, -0.05) is 22.0 Å². The fraction of sp³-hybridized carbons (Fsp3) is 0.500. The van der Waals surface area contributed by atoms with Crippen LogP contribution in [0.25, 0.3) is 0 Å². The molecular weight excluding hydrogens is 308 g/mol. The molecule has 0 unspecified atom stereocenters. The predicted molar refractivity (Wildman–Crippen MR) is 81.5 cm³/mol. The minimum absolute atomic E-state index is 0.366. The van der Waals surface area contributed by atoms with E-state index in [1.54, 1.807) is 0 Å². The predicted octanol–water partition coefficient (Wildman–Crippen LogP) is 3.78. The largest absolute Gasteiger partial charge is 0.444 e. The molecular formula is C14H21BrN2O2. The van der Waals surface area contributed by atoms with Gasteiger partial charge >= 0.3 is 6.09 Å². The lowest BCUT2D eigenvalue weighted by atomic mass is 10.2. The zero-order chi connectivity index (χ0) is 14.3. The number of hydrogen-bond donors (Lipinski definition) is 2. The zero-order valence-corrected chi connectivity index (χ0v) is 13.2. The van der Waals surface area contributed by atoms with Gasteiger partial charge in [-0.25, -0.2) is 4.79 Å². The Balaban J connectivity index is 2.13. The molecule has 1 rings (SSSR count). The second-order valence-electron chi connectivity index (χ2n) is 5.22. The second kappa shape index (κ2) is 7.38. The summed E-state index contributed by atoms with van der Waals surface area (Å²) in [5.41, 5.74) is 0.616. The van der Waals surface area contributed by atoms with Crippen LogP contribution in [0.4, 0.5) is 10.5 Å². The normalized spacial score (nSPS) is 10.9. The molecule has 0 radical (unpaired) electrons. The summed E-state index contributed by atoms with van der Waals surface area (Å²) in [5.74, 6) is 0. The Morgan fingerprint density at radius 3 is 2.68 bits per heavy atom. The molecule has 0 heterocycles. The van der Waals surface area contributed by atoms with Crippen LogP contribution < -0.4 is 10.6 Å². The molecule has 1 amide bonds. The Labute approximate surface area is 123 Å². The lowest BCUT2D eigenvalue weighted by molar-refractivity contribution is 0.0528. The monoisotopic (exact) mass is 328 g/mol. The number of alkyl carbamates (subject to hydrolysis) is 1. The highest BCUT2D eigenvalue weighted by Crippen LogP contribution is 2.15. The maximum absolute atomic E-state index is 11.4. The highest BCUT2D eigenvalue weighted by Gasteiger charge is 2.15. The van der Waals surface area contributed by atoms with Crippen LogP contribution in [0.3, 0.4) is 0 Å². The summed E-state index contributed by atoms with van der Waals surface area (Å²) >= 11 is 3.42. The summed E-state index contributed by atoms with van der Waals surface area (Å²) in [4.78, 5) is 11.4. The quantitative estimate of drug-likeness (QED) is 0.809. The van der Waals surface area contributed by atoms with Gasteiger partial charge < -0.3 is 15.4 Å². The maximum Gasteiger partial charge on any atom is 0.407 e. The highest BCUT2D eigenvalue weighted by molar-refractivity contribution is 9.10. The lowest BCUT2D eigenvalue weighted by Crippen LogP contribution is -2.33. The van der Waals surface area contributed by atoms with E-state index in [2.05, 4.69) is 26.6 Å². The summed E-state index contributed by atoms with van der Waals surface area (Å²) in [5, 5.41) is 6.01. The molecule has 0 aliphatic rings. The number of halogens is 1. The first-order valence-corrected chi connectivity index (χ1v) is 7.12. The molecule has 0 saturated carbocycles. The molecule has 0 spiro atoms.